The van der Waals surface area contributed by atoms with Gasteiger partial charge in [-0.3, -0.25) is 0 Å². The lowest BCUT2D eigenvalue weighted by molar-refractivity contribution is 0.0580. The van der Waals surface area contributed by atoms with Crippen molar-refractivity contribution in [3.63, 3.8) is 0 Å². The summed E-state index contributed by atoms with van der Waals surface area (Å²) in [6.07, 6.45) is -3.12. The molecule has 0 bridgehead atoms. The van der Waals surface area contributed by atoms with E-state index in [0.29, 0.717) is 6.07 Å². The first-order valence-electron chi connectivity index (χ1n) is 7.20. The van der Waals surface area contributed by atoms with Crippen LogP contribution in [-0.2, 0) is 10.2 Å². The van der Waals surface area contributed by atoms with E-state index in [1.807, 2.05) is 0 Å². The summed E-state index contributed by atoms with van der Waals surface area (Å²) in [5, 5.41) is 9.31. The number of ether oxygens (including phenoxy) is 1. The molecule has 6 nitrogen and oxygen atoms in total. The standard InChI is InChI=1S/C16H22F2N2O4/c1-15(2,3)10-8(17)7-9(18)12(11(10)19)20(13(21)22)14(23)24-16(4,5)6/h7H,19H2,1-6H3,(H,21,22). The van der Waals surface area contributed by atoms with Gasteiger partial charge in [-0.1, -0.05) is 20.8 Å². The number of nitrogens with zero attached hydrogens (tertiary/aromatic N) is 1. The van der Waals surface area contributed by atoms with Crippen molar-refractivity contribution in [3.05, 3.63) is 23.3 Å². The van der Waals surface area contributed by atoms with Crippen LogP contribution in [0.25, 0.3) is 0 Å². The highest BCUT2D eigenvalue weighted by atomic mass is 19.1. The molecule has 0 aromatic heterocycles. The SMILES string of the molecule is CC(C)(C)OC(=O)N(C(=O)O)c1c(F)cc(F)c(C(C)(C)C)c1N. The Morgan fingerprint density at radius 3 is 2.00 bits per heavy atom. The molecule has 1 rings (SSSR count). The van der Waals surface area contributed by atoms with Crippen molar-refractivity contribution in [3.8, 4) is 0 Å². The number of rotatable bonds is 1. The van der Waals surface area contributed by atoms with Gasteiger partial charge in [0.25, 0.3) is 0 Å². The van der Waals surface area contributed by atoms with Crippen molar-refractivity contribution in [1.29, 1.82) is 0 Å². The average molecular weight is 344 g/mol. The number of carbonyl (C=O) groups excluding carboxylic acids is 1. The number of amides is 2. The quantitative estimate of drug-likeness (QED) is 0.742. The Bertz CT molecular complexity index is 676. The number of carbonyl (C=O) groups is 2. The van der Waals surface area contributed by atoms with Crippen LogP contribution in [0.15, 0.2) is 6.07 Å². The van der Waals surface area contributed by atoms with Crippen molar-refractivity contribution in [1.82, 2.24) is 0 Å². The van der Waals surface area contributed by atoms with Gasteiger partial charge in [0.05, 0.1) is 5.69 Å². The van der Waals surface area contributed by atoms with Crippen molar-refractivity contribution < 1.29 is 28.2 Å². The summed E-state index contributed by atoms with van der Waals surface area (Å²) in [4.78, 5) is 23.7. The van der Waals surface area contributed by atoms with Crippen molar-refractivity contribution in [2.75, 3.05) is 10.6 Å². The monoisotopic (exact) mass is 344 g/mol. The van der Waals surface area contributed by atoms with E-state index in [1.54, 1.807) is 20.8 Å². The molecule has 2 amide bonds. The van der Waals surface area contributed by atoms with Gasteiger partial charge in [0, 0.05) is 11.6 Å². The number of carboxylic acid groups (broad SMARTS) is 1. The Hall–Kier alpha value is -2.38. The molecule has 0 spiro atoms. The number of nitrogens with two attached hydrogens (primary N) is 1. The summed E-state index contributed by atoms with van der Waals surface area (Å²) in [5.41, 5.74) is 2.67. The van der Waals surface area contributed by atoms with Crippen molar-refractivity contribution in [2.24, 2.45) is 0 Å². The van der Waals surface area contributed by atoms with E-state index in [4.69, 9.17) is 10.5 Å². The van der Waals surface area contributed by atoms with Crippen LogP contribution in [0.3, 0.4) is 0 Å². The summed E-state index contributed by atoms with van der Waals surface area (Å²) >= 11 is 0. The second kappa shape index (κ2) is 6.26. The third-order valence-corrected chi connectivity index (χ3v) is 2.98. The van der Waals surface area contributed by atoms with Gasteiger partial charge in [-0.25, -0.2) is 18.4 Å². The predicted molar refractivity (Wildman–Crippen MR) is 86.2 cm³/mol. The smallest absolute Gasteiger partial charge is 0.424 e. The third-order valence-electron chi connectivity index (χ3n) is 2.98. The first-order valence-corrected chi connectivity index (χ1v) is 7.20. The Balaban J connectivity index is 3.62. The lowest BCUT2D eigenvalue weighted by Crippen LogP contribution is -2.41. The Morgan fingerprint density at radius 1 is 1.12 bits per heavy atom. The first-order chi connectivity index (χ1) is 10.7. The van der Waals surface area contributed by atoms with Crippen molar-refractivity contribution >= 4 is 23.6 Å². The molecule has 0 fully saturated rings. The molecule has 0 heterocycles. The van der Waals surface area contributed by atoms with Crippen LogP contribution in [0.4, 0.5) is 29.7 Å². The van der Waals surface area contributed by atoms with Crippen LogP contribution in [0.5, 0.6) is 0 Å². The molecule has 24 heavy (non-hydrogen) atoms. The van der Waals surface area contributed by atoms with Gasteiger partial charge in [-0.2, -0.15) is 4.90 Å². The molecule has 1 aromatic rings. The number of hydrogen-bond acceptors (Lipinski definition) is 4. The lowest BCUT2D eigenvalue weighted by Gasteiger charge is -2.28. The molecule has 8 heteroatoms. The van der Waals surface area contributed by atoms with Gasteiger partial charge in [-0.05, 0) is 26.2 Å². The molecular formula is C16H22F2N2O4. The molecule has 134 valence electrons. The van der Waals surface area contributed by atoms with E-state index in [2.05, 4.69) is 0 Å². The molecule has 0 atom stereocenters. The minimum absolute atomic E-state index is 0.0462. The Kier molecular flexibility index (Phi) is 5.13. The fraction of sp³-hybridized carbons (Fsp3) is 0.500. The Labute approximate surface area is 139 Å². The van der Waals surface area contributed by atoms with Gasteiger partial charge in [0.1, 0.15) is 17.1 Å². The fourth-order valence-corrected chi connectivity index (χ4v) is 2.19. The summed E-state index contributed by atoms with van der Waals surface area (Å²) in [5.74, 6) is -2.19. The maximum atomic E-state index is 14.3. The molecule has 0 aliphatic rings. The van der Waals surface area contributed by atoms with Crippen LogP contribution >= 0.6 is 0 Å². The minimum Gasteiger partial charge on any atom is -0.464 e. The van der Waals surface area contributed by atoms with Gasteiger partial charge in [0.15, 0.2) is 5.82 Å². The normalized spacial score (nSPS) is 12.0. The lowest BCUT2D eigenvalue weighted by atomic mass is 9.84. The zero-order chi connectivity index (χ0) is 19.0. The molecule has 0 saturated heterocycles. The van der Waals surface area contributed by atoms with E-state index in [-0.39, 0.29) is 10.5 Å². The summed E-state index contributed by atoms with van der Waals surface area (Å²) in [6, 6.07) is 0.507. The van der Waals surface area contributed by atoms with Gasteiger partial charge >= 0.3 is 12.2 Å². The van der Waals surface area contributed by atoms with Crippen molar-refractivity contribution in [2.45, 2.75) is 52.6 Å². The summed E-state index contributed by atoms with van der Waals surface area (Å²) in [7, 11) is 0. The van der Waals surface area contributed by atoms with E-state index in [0.717, 1.165) is 0 Å². The highest BCUT2D eigenvalue weighted by Crippen LogP contribution is 2.39. The van der Waals surface area contributed by atoms with Gasteiger partial charge in [-0.15, -0.1) is 0 Å². The van der Waals surface area contributed by atoms with E-state index in [1.165, 1.54) is 20.8 Å². The van der Waals surface area contributed by atoms with E-state index >= 15 is 0 Å². The fourth-order valence-electron chi connectivity index (χ4n) is 2.19. The highest BCUT2D eigenvalue weighted by Gasteiger charge is 2.35. The first kappa shape index (κ1) is 19.7. The summed E-state index contributed by atoms with van der Waals surface area (Å²) < 4.78 is 33.3. The maximum absolute atomic E-state index is 14.3. The zero-order valence-corrected chi connectivity index (χ0v) is 14.5. The Morgan fingerprint density at radius 2 is 1.62 bits per heavy atom. The van der Waals surface area contributed by atoms with Crippen LogP contribution in [-0.4, -0.2) is 22.9 Å². The average Bonchev–Trinajstić information content (AvgIpc) is 2.28. The minimum atomic E-state index is -1.79. The molecule has 0 radical (unpaired) electrons. The number of anilines is 2. The maximum Gasteiger partial charge on any atom is 0.424 e. The second-order valence-electron chi connectivity index (χ2n) is 7.33. The van der Waals surface area contributed by atoms with E-state index in [9.17, 15) is 23.5 Å². The molecule has 1 aromatic carbocycles. The number of hydrogen-bond donors (Lipinski definition) is 2. The van der Waals surface area contributed by atoms with Crippen LogP contribution < -0.4 is 10.6 Å². The number of benzene rings is 1. The number of imide groups is 1. The third kappa shape index (κ3) is 4.12. The van der Waals surface area contributed by atoms with Gasteiger partial charge in [0.2, 0.25) is 0 Å². The van der Waals surface area contributed by atoms with Crippen LogP contribution in [0.2, 0.25) is 0 Å². The molecular weight excluding hydrogens is 322 g/mol. The largest absolute Gasteiger partial charge is 0.464 e. The van der Waals surface area contributed by atoms with E-state index < -0.39 is 46.2 Å². The molecule has 3 N–H and O–H groups in total. The molecule has 0 unspecified atom stereocenters. The topological polar surface area (TPSA) is 92.9 Å². The molecule has 0 aliphatic heterocycles. The number of nitrogen functional groups attached to an aromatic ring is 1. The number of halogens is 2. The second-order valence-corrected chi connectivity index (χ2v) is 7.33. The molecule has 0 aliphatic carbocycles. The zero-order valence-electron chi connectivity index (χ0n) is 14.5. The molecule has 0 saturated carbocycles. The van der Waals surface area contributed by atoms with Crippen LogP contribution in [0.1, 0.15) is 47.1 Å². The highest BCUT2D eigenvalue weighted by molar-refractivity contribution is 6.11. The predicted octanol–water partition coefficient (Wildman–Crippen LogP) is 4.26. The van der Waals surface area contributed by atoms with Gasteiger partial charge < -0.3 is 15.6 Å². The van der Waals surface area contributed by atoms with Crippen LogP contribution in [0, 0.1) is 11.6 Å². The summed E-state index contributed by atoms with van der Waals surface area (Å²) in [6.45, 7) is 9.45.